The Bertz CT molecular complexity index is 883. The Morgan fingerprint density at radius 1 is 1.22 bits per heavy atom. The number of benzene rings is 1. The summed E-state index contributed by atoms with van der Waals surface area (Å²) in [6.45, 7) is 6.81. The number of hydrogen-bond acceptors (Lipinski definition) is 3. The minimum absolute atomic E-state index is 0.133. The van der Waals surface area contributed by atoms with Crippen molar-refractivity contribution in [3.8, 4) is 0 Å². The third kappa shape index (κ3) is 4.27. The van der Waals surface area contributed by atoms with Gasteiger partial charge in [-0.1, -0.05) is 42.8 Å². The molecule has 3 rings (SSSR count). The normalized spacial score (nSPS) is 16.6. The Hall–Kier alpha value is -1.66. The quantitative estimate of drug-likeness (QED) is 0.671. The first-order valence-electron chi connectivity index (χ1n) is 9.14. The summed E-state index contributed by atoms with van der Waals surface area (Å²) >= 11 is 4.94. The van der Waals surface area contributed by atoms with Crippen LogP contribution < -0.4 is 10.6 Å². The maximum absolute atomic E-state index is 12.7. The summed E-state index contributed by atoms with van der Waals surface area (Å²) in [5.74, 6) is 0.244. The van der Waals surface area contributed by atoms with Crippen LogP contribution in [0.5, 0.6) is 0 Å². The Morgan fingerprint density at radius 2 is 1.96 bits per heavy atom. The zero-order valence-corrected chi connectivity index (χ0v) is 18.5. The third-order valence-electron chi connectivity index (χ3n) is 5.26. The number of halogens is 1. The van der Waals surface area contributed by atoms with Crippen LogP contribution in [0.4, 0.5) is 5.00 Å². The smallest absolute Gasteiger partial charge is 0.256 e. The minimum Gasteiger partial charge on any atom is -0.355 e. The molecule has 0 fully saturated rings. The molecule has 1 atom stereocenters. The molecule has 1 aromatic heterocycles. The number of anilines is 1. The van der Waals surface area contributed by atoms with E-state index in [-0.39, 0.29) is 17.2 Å². The Morgan fingerprint density at radius 3 is 2.59 bits per heavy atom. The summed E-state index contributed by atoms with van der Waals surface area (Å²) in [6, 6.07) is 7.25. The molecule has 144 valence electrons. The summed E-state index contributed by atoms with van der Waals surface area (Å²) in [5, 5.41) is 6.36. The third-order valence-corrected chi connectivity index (χ3v) is 6.92. The molecule has 2 N–H and O–H groups in total. The molecule has 2 aromatic rings. The van der Waals surface area contributed by atoms with E-state index < -0.39 is 0 Å². The van der Waals surface area contributed by atoms with Crippen LogP contribution in [0.15, 0.2) is 28.7 Å². The predicted octanol–water partition coefficient (Wildman–Crippen LogP) is 5.27. The van der Waals surface area contributed by atoms with Gasteiger partial charge in [0, 0.05) is 22.0 Å². The van der Waals surface area contributed by atoms with Crippen LogP contribution in [0.25, 0.3) is 0 Å². The van der Waals surface area contributed by atoms with Crippen molar-refractivity contribution in [1.82, 2.24) is 5.32 Å². The van der Waals surface area contributed by atoms with Crippen LogP contribution >= 0.6 is 27.3 Å². The summed E-state index contributed by atoms with van der Waals surface area (Å²) < 4.78 is 0.847. The molecule has 1 aromatic carbocycles. The van der Waals surface area contributed by atoms with Crippen LogP contribution in [0.3, 0.4) is 0 Å². The Balaban J connectivity index is 1.94. The fourth-order valence-corrected chi connectivity index (χ4v) is 5.30. The highest BCUT2D eigenvalue weighted by molar-refractivity contribution is 9.10. The highest BCUT2D eigenvalue weighted by atomic mass is 79.9. The molecule has 4 nitrogen and oxygen atoms in total. The van der Waals surface area contributed by atoms with E-state index in [0.29, 0.717) is 22.0 Å². The van der Waals surface area contributed by atoms with Gasteiger partial charge in [0.25, 0.3) is 11.8 Å². The molecule has 6 heteroatoms. The highest BCUT2D eigenvalue weighted by Gasteiger charge is 2.33. The molecule has 0 aliphatic heterocycles. The predicted molar refractivity (Wildman–Crippen MR) is 115 cm³/mol. The number of carbonyl (C=O) groups is 2. The van der Waals surface area contributed by atoms with Gasteiger partial charge in [-0.2, -0.15) is 0 Å². The first-order valence-corrected chi connectivity index (χ1v) is 10.7. The fourth-order valence-electron chi connectivity index (χ4n) is 3.58. The van der Waals surface area contributed by atoms with E-state index in [9.17, 15) is 9.59 Å². The maximum Gasteiger partial charge on any atom is 0.256 e. The molecule has 1 aliphatic rings. The first-order chi connectivity index (χ1) is 12.7. The van der Waals surface area contributed by atoms with Gasteiger partial charge in [0.1, 0.15) is 5.00 Å². The van der Waals surface area contributed by atoms with Crippen LogP contribution in [0, 0.1) is 11.3 Å². The highest BCUT2D eigenvalue weighted by Crippen LogP contribution is 2.44. The van der Waals surface area contributed by atoms with Crippen LogP contribution in [0.2, 0.25) is 0 Å². The number of fused-ring (bicyclic) bond motifs is 1. The zero-order valence-electron chi connectivity index (χ0n) is 16.1. The molecule has 0 spiro atoms. The standard InChI is InChI=1S/C21H25BrN2O2S/c1-21(2,3)13-8-9-15-16(11-13)27-20(17(15)19(26)23-4)24-18(25)12-6-5-7-14(22)10-12/h5-7,10,13H,8-9,11H2,1-4H3,(H,23,26)(H,24,25). The Kier molecular flexibility index (Phi) is 5.77. The molecule has 27 heavy (non-hydrogen) atoms. The monoisotopic (exact) mass is 448 g/mol. The molecular formula is C21H25BrN2O2S. The van der Waals surface area contributed by atoms with Crippen molar-refractivity contribution in [2.24, 2.45) is 11.3 Å². The van der Waals surface area contributed by atoms with E-state index in [2.05, 4.69) is 47.3 Å². The van der Waals surface area contributed by atoms with Gasteiger partial charge in [0.05, 0.1) is 5.56 Å². The number of hydrogen-bond donors (Lipinski definition) is 2. The number of carbonyl (C=O) groups excluding carboxylic acids is 2. The van der Waals surface area contributed by atoms with Crippen molar-refractivity contribution in [2.45, 2.75) is 40.0 Å². The molecule has 1 heterocycles. The van der Waals surface area contributed by atoms with Crippen molar-refractivity contribution < 1.29 is 9.59 Å². The lowest BCUT2D eigenvalue weighted by Gasteiger charge is -2.33. The Labute approximate surface area is 172 Å². The van der Waals surface area contributed by atoms with Crippen molar-refractivity contribution in [3.05, 3.63) is 50.3 Å². The van der Waals surface area contributed by atoms with Gasteiger partial charge < -0.3 is 10.6 Å². The molecule has 1 aliphatic carbocycles. The zero-order chi connectivity index (χ0) is 19.8. The van der Waals surface area contributed by atoms with Gasteiger partial charge in [-0.15, -0.1) is 11.3 Å². The van der Waals surface area contributed by atoms with Crippen molar-refractivity contribution in [3.63, 3.8) is 0 Å². The van der Waals surface area contributed by atoms with Gasteiger partial charge in [0.2, 0.25) is 0 Å². The fraction of sp³-hybridized carbons (Fsp3) is 0.429. The largest absolute Gasteiger partial charge is 0.355 e. The second-order valence-corrected chi connectivity index (χ2v) is 10.1. The molecular weight excluding hydrogens is 424 g/mol. The average molecular weight is 449 g/mol. The molecule has 1 unspecified atom stereocenters. The van der Waals surface area contributed by atoms with E-state index in [4.69, 9.17) is 0 Å². The summed E-state index contributed by atoms with van der Waals surface area (Å²) in [5.41, 5.74) is 2.53. The summed E-state index contributed by atoms with van der Waals surface area (Å²) in [4.78, 5) is 26.5. The van der Waals surface area contributed by atoms with Crippen LogP contribution in [-0.4, -0.2) is 18.9 Å². The maximum atomic E-state index is 12.7. The lowest BCUT2D eigenvalue weighted by atomic mass is 9.72. The molecule has 2 amide bonds. The van der Waals surface area contributed by atoms with E-state index >= 15 is 0 Å². The summed E-state index contributed by atoms with van der Waals surface area (Å²) in [6.07, 6.45) is 2.90. The van der Waals surface area contributed by atoms with Crippen molar-refractivity contribution in [1.29, 1.82) is 0 Å². The van der Waals surface area contributed by atoms with Gasteiger partial charge >= 0.3 is 0 Å². The number of thiophene rings is 1. The number of amides is 2. The second kappa shape index (κ2) is 7.76. The van der Waals surface area contributed by atoms with Crippen LogP contribution in [0.1, 0.15) is 58.3 Å². The minimum atomic E-state index is -0.201. The van der Waals surface area contributed by atoms with Gasteiger partial charge in [0.15, 0.2) is 0 Å². The average Bonchev–Trinajstić information content (AvgIpc) is 2.97. The van der Waals surface area contributed by atoms with E-state index in [1.807, 2.05) is 12.1 Å². The molecule has 0 saturated carbocycles. The first kappa shape index (κ1) is 20.1. The topological polar surface area (TPSA) is 58.2 Å². The van der Waals surface area contributed by atoms with Gasteiger partial charge in [-0.25, -0.2) is 0 Å². The van der Waals surface area contributed by atoms with E-state index in [1.54, 1.807) is 30.5 Å². The lowest BCUT2D eigenvalue weighted by Crippen LogP contribution is -2.27. The number of rotatable bonds is 3. The number of nitrogens with one attached hydrogen (secondary N) is 2. The lowest BCUT2D eigenvalue weighted by molar-refractivity contribution is 0.0963. The van der Waals surface area contributed by atoms with E-state index in [1.165, 1.54) is 4.88 Å². The van der Waals surface area contributed by atoms with Crippen LogP contribution in [-0.2, 0) is 12.8 Å². The van der Waals surface area contributed by atoms with E-state index in [0.717, 1.165) is 29.3 Å². The van der Waals surface area contributed by atoms with Gasteiger partial charge in [-0.3, -0.25) is 9.59 Å². The van der Waals surface area contributed by atoms with Crippen molar-refractivity contribution >= 4 is 44.1 Å². The second-order valence-electron chi connectivity index (χ2n) is 8.06. The molecule has 0 saturated heterocycles. The summed E-state index contributed by atoms with van der Waals surface area (Å²) in [7, 11) is 1.63. The molecule has 0 radical (unpaired) electrons. The van der Waals surface area contributed by atoms with Gasteiger partial charge in [-0.05, 0) is 54.4 Å². The van der Waals surface area contributed by atoms with Crippen molar-refractivity contribution in [2.75, 3.05) is 12.4 Å². The molecule has 0 bridgehead atoms. The SMILES string of the molecule is CNC(=O)c1c(NC(=O)c2cccc(Br)c2)sc2c1CCC(C(C)(C)C)C2.